The molecule has 24 heavy (non-hydrogen) atoms. The largest absolute Gasteiger partial charge is 0.483 e. The number of hydrogen-bond donors (Lipinski definition) is 1. The average Bonchev–Trinajstić information content (AvgIpc) is 2.87. The lowest BCUT2D eigenvalue weighted by atomic mass is 9.98. The lowest BCUT2D eigenvalue weighted by molar-refractivity contribution is -0.146. The van der Waals surface area contributed by atoms with Crippen LogP contribution in [0.1, 0.15) is 32.3 Å². The van der Waals surface area contributed by atoms with Gasteiger partial charge in [-0.2, -0.15) is 0 Å². The lowest BCUT2D eigenvalue weighted by Crippen LogP contribution is -2.44. The van der Waals surface area contributed by atoms with Gasteiger partial charge >= 0.3 is 5.97 Å². The van der Waals surface area contributed by atoms with Crippen molar-refractivity contribution in [2.75, 3.05) is 19.7 Å². The normalized spacial score (nSPS) is 21.8. The van der Waals surface area contributed by atoms with Crippen molar-refractivity contribution in [1.82, 2.24) is 4.90 Å². The number of piperidine rings is 1. The Morgan fingerprint density at radius 1 is 1.42 bits per heavy atom. The molecule has 1 fully saturated rings. The Hall–Kier alpha value is -2.24. The van der Waals surface area contributed by atoms with Crippen molar-refractivity contribution in [3.8, 4) is 11.5 Å². The van der Waals surface area contributed by atoms with E-state index in [2.05, 4.69) is 0 Å². The summed E-state index contributed by atoms with van der Waals surface area (Å²) in [6.07, 6.45) is 2.13. The van der Waals surface area contributed by atoms with E-state index >= 15 is 0 Å². The third kappa shape index (κ3) is 3.47. The Morgan fingerprint density at radius 3 is 2.96 bits per heavy atom. The van der Waals surface area contributed by atoms with Crippen LogP contribution in [-0.4, -0.2) is 47.2 Å². The number of carboxylic acids is 1. The quantitative estimate of drug-likeness (QED) is 0.913. The summed E-state index contributed by atoms with van der Waals surface area (Å²) < 4.78 is 11.6. The first-order chi connectivity index (χ1) is 11.4. The van der Waals surface area contributed by atoms with Gasteiger partial charge in [0.15, 0.2) is 18.1 Å². The second kappa shape index (κ2) is 6.34. The first kappa shape index (κ1) is 16.6. The van der Waals surface area contributed by atoms with Crippen LogP contribution in [0.15, 0.2) is 18.2 Å². The third-order valence-corrected chi connectivity index (χ3v) is 4.53. The number of ether oxygens (including phenoxy) is 2. The highest BCUT2D eigenvalue weighted by Crippen LogP contribution is 2.41. The lowest BCUT2D eigenvalue weighted by Gasteiger charge is -2.30. The molecule has 0 radical (unpaired) electrons. The molecular formula is C18H23NO5. The molecule has 3 rings (SSSR count). The zero-order valence-electron chi connectivity index (χ0n) is 14.1. The van der Waals surface area contributed by atoms with Crippen molar-refractivity contribution >= 4 is 11.9 Å². The summed E-state index contributed by atoms with van der Waals surface area (Å²) in [6.45, 7) is 4.77. The van der Waals surface area contributed by atoms with Gasteiger partial charge in [0.25, 0.3) is 5.91 Å². The zero-order chi connectivity index (χ0) is 17.3. The Bertz CT molecular complexity index is 655. The highest BCUT2D eigenvalue weighted by atomic mass is 16.5. The molecule has 0 aliphatic carbocycles. The highest BCUT2D eigenvalue weighted by Gasteiger charge is 2.33. The van der Waals surface area contributed by atoms with Crippen LogP contribution < -0.4 is 9.47 Å². The SMILES string of the molecule is CC1(C)Cc2cccc(OCC(=O)N3CCC[C@@H](C(=O)O)C3)c2O1. The van der Waals surface area contributed by atoms with Crippen molar-refractivity contribution in [3.63, 3.8) is 0 Å². The predicted octanol–water partition coefficient (Wildman–Crippen LogP) is 2.10. The van der Waals surface area contributed by atoms with E-state index in [-0.39, 0.29) is 24.7 Å². The zero-order valence-corrected chi connectivity index (χ0v) is 14.1. The summed E-state index contributed by atoms with van der Waals surface area (Å²) in [5, 5.41) is 9.11. The first-order valence-corrected chi connectivity index (χ1v) is 8.30. The maximum atomic E-state index is 12.3. The average molecular weight is 333 g/mol. The van der Waals surface area contributed by atoms with Crippen LogP contribution in [-0.2, 0) is 16.0 Å². The van der Waals surface area contributed by atoms with Gasteiger partial charge in [-0.25, -0.2) is 0 Å². The number of fused-ring (bicyclic) bond motifs is 1. The van der Waals surface area contributed by atoms with Crippen LogP contribution >= 0.6 is 0 Å². The molecule has 1 saturated heterocycles. The molecular weight excluding hydrogens is 310 g/mol. The highest BCUT2D eigenvalue weighted by molar-refractivity contribution is 5.79. The Morgan fingerprint density at radius 2 is 2.21 bits per heavy atom. The van der Waals surface area contributed by atoms with Crippen molar-refractivity contribution in [2.24, 2.45) is 5.92 Å². The van der Waals surface area contributed by atoms with Crippen molar-refractivity contribution in [3.05, 3.63) is 23.8 Å². The van der Waals surface area contributed by atoms with Crippen molar-refractivity contribution < 1.29 is 24.2 Å². The van der Waals surface area contributed by atoms with E-state index in [0.29, 0.717) is 30.9 Å². The molecule has 2 heterocycles. The van der Waals surface area contributed by atoms with Crippen LogP contribution in [0.4, 0.5) is 0 Å². The summed E-state index contributed by atoms with van der Waals surface area (Å²) in [5.74, 6) is -0.232. The maximum Gasteiger partial charge on any atom is 0.308 e. The number of likely N-dealkylation sites (tertiary alicyclic amines) is 1. The molecule has 0 spiro atoms. The number of hydrogen-bond acceptors (Lipinski definition) is 4. The fraction of sp³-hybridized carbons (Fsp3) is 0.556. The first-order valence-electron chi connectivity index (χ1n) is 8.30. The summed E-state index contributed by atoms with van der Waals surface area (Å²) in [6, 6.07) is 5.69. The molecule has 0 unspecified atom stereocenters. The van der Waals surface area contributed by atoms with Gasteiger partial charge in [-0.1, -0.05) is 12.1 Å². The van der Waals surface area contributed by atoms with Gasteiger partial charge in [-0.15, -0.1) is 0 Å². The number of amides is 1. The summed E-state index contributed by atoms with van der Waals surface area (Å²) in [4.78, 5) is 25.0. The number of carboxylic acid groups (broad SMARTS) is 1. The minimum atomic E-state index is -0.843. The number of benzene rings is 1. The van der Waals surface area contributed by atoms with Crippen molar-refractivity contribution in [1.29, 1.82) is 0 Å². The van der Waals surface area contributed by atoms with E-state index < -0.39 is 11.9 Å². The fourth-order valence-corrected chi connectivity index (χ4v) is 3.34. The van der Waals surface area contributed by atoms with Gasteiger partial charge in [0, 0.05) is 25.1 Å². The molecule has 1 N–H and O–H groups in total. The predicted molar refractivity (Wildman–Crippen MR) is 87.3 cm³/mol. The summed E-state index contributed by atoms with van der Waals surface area (Å²) in [7, 11) is 0. The van der Waals surface area contributed by atoms with Gasteiger partial charge in [0.1, 0.15) is 5.60 Å². The van der Waals surface area contributed by atoms with Crippen LogP contribution in [0.25, 0.3) is 0 Å². The van der Waals surface area contributed by atoms with Gasteiger partial charge in [0.2, 0.25) is 0 Å². The molecule has 2 aliphatic heterocycles. The fourth-order valence-electron chi connectivity index (χ4n) is 3.34. The molecule has 1 amide bonds. The molecule has 6 heteroatoms. The van der Waals surface area contributed by atoms with E-state index in [4.69, 9.17) is 14.6 Å². The van der Waals surface area contributed by atoms with Gasteiger partial charge in [-0.05, 0) is 32.8 Å². The minimum absolute atomic E-state index is 0.105. The molecule has 2 aliphatic rings. The Labute approximate surface area is 141 Å². The Balaban J connectivity index is 1.62. The maximum absolute atomic E-state index is 12.3. The number of para-hydroxylation sites is 1. The van der Waals surface area contributed by atoms with E-state index in [0.717, 1.165) is 12.0 Å². The van der Waals surface area contributed by atoms with Gasteiger partial charge < -0.3 is 19.5 Å². The number of carbonyl (C=O) groups excluding carboxylic acids is 1. The summed E-state index contributed by atoms with van der Waals surface area (Å²) in [5.41, 5.74) is 0.807. The molecule has 0 aromatic heterocycles. The van der Waals surface area contributed by atoms with Crippen molar-refractivity contribution in [2.45, 2.75) is 38.7 Å². The molecule has 1 aromatic carbocycles. The van der Waals surface area contributed by atoms with E-state index in [1.807, 2.05) is 26.0 Å². The molecule has 0 bridgehead atoms. The van der Waals surface area contributed by atoms with Crippen LogP contribution in [0.5, 0.6) is 11.5 Å². The molecule has 1 atom stereocenters. The molecule has 1 aromatic rings. The van der Waals surface area contributed by atoms with Crippen LogP contribution in [0.3, 0.4) is 0 Å². The van der Waals surface area contributed by atoms with Gasteiger partial charge in [0.05, 0.1) is 5.92 Å². The second-order valence-electron chi connectivity index (χ2n) is 7.09. The van der Waals surface area contributed by atoms with E-state index in [9.17, 15) is 9.59 Å². The number of aliphatic carboxylic acids is 1. The monoisotopic (exact) mass is 333 g/mol. The standard InChI is InChI=1S/C18H23NO5/c1-18(2)9-12-5-3-7-14(16(12)24-18)23-11-15(20)19-8-4-6-13(10-19)17(21)22/h3,5,7,13H,4,6,8-11H2,1-2H3,(H,21,22)/t13-/m1/s1. The molecule has 0 saturated carbocycles. The number of carbonyl (C=O) groups is 2. The van der Waals surface area contributed by atoms with E-state index in [1.165, 1.54) is 0 Å². The molecule has 130 valence electrons. The third-order valence-electron chi connectivity index (χ3n) is 4.53. The number of nitrogens with zero attached hydrogens (tertiary/aromatic N) is 1. The topological polar surface area (TPSA) is 76.1 Å². The smallest absolute Gasteiger partial charge is 0.308 e. The summed E-state index contributed by atoms with van der Waals surface area (Å²) >= 11 is 0. The molecule has 6 nitrogen and oxygen atoms in total. The van der Waals surface area contributed by atoms with Crippen LogP contribution in [0, 0.1) is 5.92 Å². The Kier molecular flexibility index (Phi) is 4.39. The van der Waals surface area contributed by atoms with E-state index in [1.54, 1.807) is 11.0 Å². The second-order valence-corrected chi connectivity index (χ2v) is 7.09. The van der Waals surface area contributed by atoms with Crippen LogP contribution in [0.2, 0.25) is 0 Å². The number of rotatable bonds is 4. The minimum Gasteiger partial charge on any atom is -0.483 e. The van der Waals surface area contributed by atoms with Gasteiger partial charge in [-0.3, -0.25) is 9.59 Å².